The lowest BCUT2D eigenvalue weighted by Crippen LogP contribution is -2.17. The van der Waals surface area contributed by atoms with Crippen molar-refractivity contribution < 1.29 is 4.79 Å². The first-order valence-electron chi connectivity index (χ1n) is 9.09. The van der Waals surface area contributed by atoms with Crippen LogP contribution in [0.25, 0.3) is 0 Å². The number of nitrogens with zero attached hydrogens (tertiary/aromatic N) is 3. The first-order valence-corrected chi connectivity index (χ1v) is 9.09. The van der Waals surface area contributed by atoms with Crippen LogP contribution in [0.15, 0.2) is 55.0 Å². The van der Waals surface area contributed by atoms with E-state index in [0.29, 0.717) is 18.2 Å². The zero-order valence-corrected chi connectivity index (χ0v) is 15.6. The van der Waals surface area contributed by atoms with E-state index in [9.17, 15) is 4.79 Å². The summed E-state index contributed by atoms with van der Waals surface area (Å²) in [4.78, 5) is 25.3. The molecule has 6 heteroatoms. The largest absolute Gasteiger partial charge is 0.350 e. The molecule has 3 rings (SSSR count). The van der Waals surface area contributed by atoms with Crippen LogP contribution in [-0.2, 0) is 19.4 Å². The fraction of sp³-hybridized carbons (Fsp3) is 0.238. The number of aromatic nitrogens is 3. The van der Waals surface area contributed by atoms with E-state index in [1.165, 1.54) is 0 Å². The minimum absolute atomic E-state index is 0.236. The van der Waals surface area contributed by atoms with Crippen LogP contribution < -0.4 is 10.6 Å². The maximum atomic E-state index is 12.7. The van der Waals surface area contributed by atoms with E-state index in [-0.39, 0.29) is 5.91 Å². The average Bonchev–Trinajstić information content (AvgIpc) is 2.73. The Morgan fingerprint density at radius 3 is 2.33 bits per heavy atom. The number of hydrogen-bond acceptors (Lipinski definition) is 5. The molecule has 1 amide bonds. The number of nitrogens with one attached hydrogen (secondary N) is 2. The Balaban J connectivity index is 1.74. The van der Waals surface area contributed by atoms with Gasteiger partial charge in [-0.2, -0.15) is 0 Å². The molecule has 3 aromatic rings. The number of pyridine rings is 1. The number of para-hydroxylation sites is 1. The molecule has 0 unspecified atom stereocenters. The monoisotopic (exact) mass is 361 g/mol. The average molecular weight is 361 g/mol. The van der Waals surface area contributed by atoms with Gasteiger partial charge in [0.15, 0.2) is 0 Å². The molecule has 6 nitrogen and oxygen atoms in total. The van der Waals surface area contributed by atoms with Crippen LogP contribution in [0.1, 0.15) is 41.0 Å². The van der Waals surface area contributed by atoms with Crippen molar-refractivity contribution in [2.75, 3.05) is 10.6 Å². The second-order valence-corrected chi connectivity index (χ2v) is 6.09. The van der Waals surface area contributed by atoms with Gasteiger partial charge in [-0.15, -0.1) is 0 Å². The summed E-state index contributed by atoms with van der Waals surface area (Å²) in [5, 5.41) is 6.17. The van der Waals surface area contributed by atoms with Crippen LogP contribution in [0.2, 0.25) is 0 Å². The van der Waals surface area contributed by atoms with Crippen molar-refractivity contribution in [3.63, 3.8) is 0 Å². The van der Waals surface area contributed by atoms with E-state index in [4.69, 9.17) is 0 Å². The molecule has 1 aromatic carbocycles. The van der Waals surface area contributed by atoms with Gasteiger partial charge in [0.1, 0.15) is 5.69 Å². The van der Waals surface area contributed by atoms with Gasteiger partial charge >= 0.3 is 0 Å². The molecule has 0 spiro atoms. The van der Waals surface area contributed by atoms with Crippen molar-refractivity contribution in [3.05, 3.63) is 77.4 Å². The number of anilines is 2. The Labute approximate surface area is 159 Å². The molecule has 0 fully saturated rings. The Morgan fingerprint density at radius 2 is 1.67 bits per heavy atom. The second-order valence-electron chi connectivity index (χ2n) is 6.09. The highest BCUT2D eigenvalue weighted by Gasteiger charge is 2.13. The molecular formula is C21H23N5O. The Bertz CT molecular complexity index is 889. The predicted octanol–water partition coefficient (Wildman–Crippen LogP) is 3.86. The molecule has 0 aliphatic heterocycles. The zero-order chi connectivity index (χ0) is 19.1. The summed E-state index contributed by atoms with van der Waals surface area (Å²) in [6.07, 6.45) is 6.76. The van der Waals surface area contributed by atoms with Gasteiger partial charge in [-0.3, -0.25) is 9.78 Å². The van der Waals surface area contributed by atoms with E-state index in [2.05, 4.69) is 39.4 Å². The smallest absolute Gasteiger partial charge is 0.274 e. The molecular weight excluding hydrogens is 338 g/mol. The van der Waals surface area contributed by atoms with Gasteiger partial charge in [-0.1, -0.05) is 32.0 Å². The highest BCUT2D eigenvalue weighted by molar-refractivity contribution is 6.03. The number of amides is 1. The molecule has 2 N–H and O–H groups in total. The maximum Gasteiger partial charge on any atom is 0.274 e. The molecule has 27 heavy (non-hydrogen) atoms. The van der Waals surface area contributed by atoms with Crippen molar-refractivity contribution >= 4 is 17.5 Å². The quantitative estimate of drug-likeness (QED) is 0.668. The molecule has 0 radical (unpaired) electrons. The summed E-state index contributed by atoms with van der Waals surface area (Å²) in [6, 6.07) is 11.5. The molecule has 0 saturated carbocycles. The van der Waals surface area contributed by atoms with E-state index < -0.39 is 0 Å². The number of hydrogen-bond donors (Lipinski definition) is 2. The molecule has 0 aliphatic carbocycles. The maximum absolute atomic E-state index is 12.7. The van der Waals surface area contributed by atoms with E-state index in [1.54, 1.807) is 24.7 Å². The van der Waals surface area contributed by atoms with E-state index in [0.717, 1.165) is 35.2 Å². The number of rotatable bonds is 7. The summed E-state index contributed by atoms with van der Waals surface area (Å²) in [7, 11) is 0. The molecule has 0 saturated heterocycles. The first kappa shape index (κ1) is 18.5. The standard InChI is InChI=1S/C21H23N5O/c1-3-16-6-5-7-17(4-2)19(16)26-20(27)18-10-13-23-21(25-18)24-14-15-8-11-22-12-9-15/h5-13H,3-4,14H2,1-2H3,(H,26,27)(H,23,24,25). The Hall–Kier alpha value is -3.28. The Morgan fingerprint density at radius 1 is 0.963 bits per heavy atom. The van der Waals surface area contributed by atoms with Crippen molar-refractivity contribution in [1.29, 1.82) is 0 Å². The van der Waals surface area contributed by atoms with Crippen LogP contribution in [0, 0.1) is 0 Å². The number of aryl methyl sites for hydroxylation is 2. The molecule has 0 aliphatic rings. The van der Waals surface area contributed by atoms with E-state index >= 15 is 0 Å². The van der Waals surface area contributed by atoms with Crippen LogP contribution in [0.3, 0.4) is 0 Å². The summed E-state index contributed by atoms with van der Waals surface area (Å²) < 4.78 is 0. The van der Waals surface area contributed by atoms with Gasteiger partial charge < -0.3 is 10.6 Å². The third-order valence-corrected chi connectivity index (χ3v) is 4.33. The van der Waals surface area contributed by atoms with Gasteiger partial charge in [-0.05, 0) is 47.7 Å². The van der Waals surface area contributed by atoms with Crippen LogP contribution in [0.4, 0.5) is 11.6 Å². The molecule has 138 valence electrons. The lowest BCUT2D eigenvalue weighted by molar-refractivity contribution is 0.102. The first-order chi connectivity index (χ1) is 13.2. The van der Waals surface area contributed by atoms with Crippen LogP contribution >= 0.6 is 0 Å². The number of benzene rings is 1. The van der Waals surface area contributed by atoms with Crippen LogP contribution in [0.5, 0.6) is 0 Å². The fourth-order valence-electron chi connectivity index (χ4n) is 2.83. The van der Waals surface area contributed by atoms with Crippen molar-refractivity contribution in [2.45, 2.75) is 33.2 Å². The fourth-order valence-corrected chi connectivity index (χ4v) is 2.83. The minimum atomic E-state index is -0.236. The van der Waals surface area contributed by atoms with Gasteiger partial charge in [0.05, 0.1) is 0 Å². The SMILES string of the molecule is CCc1cccc(CC)c1NC(=O)c1ccnc(NCc2ccncc2)n1. The van der Waals surface area contributed by atoms with Gasteiger partial charge in [0.2, 0.25) is 5.95 Å². The Kier molecular flexibility index (Phi) is 6.10. The summed E-state index contributed by atoms with van der Waals surface area (Å²) in [5.74, 6) is 0.180. The van der Waals surface area contributed by atoms with Gasteiger partial charge in [-0.25, -0.2) is 9.97 Å². The normalized spacial score (nSPS) is 10.4. The third kappa shape index (κ3) is 4.67. The van der Waals surface area contributed by atoms with Crippen LogP contribution in [-0.4, -0.2) is 20.9 Å². The van der Waals surface area contributed by atoms with E-state index in [1.807, 2.05) is 30.3 Å². The third-order valence-electron chi connectivity index (χ3n) is 4.33. The summed E-state index contributed by atoms with van der Waals surface area (Å²) in [6.45, 7) is 4.72. The van der Waals surface area contributed by atoms with Gasteiger partial charge in [0, 0.05) is 30.8 Å². The highest BCUT2D eigenvalue weighted by Crippen LogP contribution is 2.23. The summed E-state index contributed by atoms with van der Waals surface area (Å²) in [5.41, 5.74) is 4.51. The lowest BCUT2D eigenvalue weighted by atomic mass is 10.0. The van der Waals surface area contributed by atoms with Crippen molar-refractivity contribution in [3.8, 4) is 0 Å². The lowest BCUT2D eigenvalue weighted by Gasteiger charge is -2.14. The summed E-state index contributed by atoms with van der Waals surface area (Å²) >= 11 is 0. The molecule has 0 bridgehead atoms. The van der Waals surface area contributed by atoms with Crippen molar-refractivity contribution in [2.24, 2.45) is 0 Å². The minimum Gasteiger partial charge on any atom is -0.350 e. The molecule has 2 aromatic heterocycles. The second kappa shape index (κ2) is 8.89. The predicted molar refractivity (Wildman–Crippen MR) is 107 cm³/mol. The highest BCUT2D eigenvalue weighted by atomic mass is 16.1. The molecule has 2 heterocycles. The number of carbonyl (C=O) groups excluding carboxylic acids is 1. The topological polar surface area (TPSA) is 79.8 Å². The zero-order valence-electron chi connectivity index (χ0n) is 15.6. The van der Waals surface area contributed by atoms with Crippen molar-refractivity contribution in [1.82, 2.24) is 15.0 Å². The number of carbonyl (C=O) groups is 1. The van der Waals surface area contributed by atoms with Gasteiger partial charge in [0.25, 0.3) is 5.91 Å². The molecule has 0 atom stereocenters.